The molecular weight excluding hydrogens is 210 g/mol. The number of nitrogens with one attached hydrogen (secondary N) is 1. The lowest BCUT2D eigenvalue weighted by Gasteiger charge is -2.07. The second-order valence-corrected chi connectivity index (χ2v) is 4.20. The van der Waals surface area contributed by atoms with Crippen molar-refractivity contribution in [2.45, 2.75) is 13.0 Å². The molecule has 0 saturated heterocycles. The lowest BCUT2D eigenvalue weighted by atomic mass is 10.2. The van der Waals surface area contributed by atoms with Gasteiger partial charge in [0, 0.05) is 5.69 Å². The van der Waals surface area contributed by atoms with Crippen LogP contribution in [0.25, 0.3) is 10.2 Å². The van der Waals surface area contributed by atoms with Gasteiger partial charge in [0.25, 0.3) is 0 Å². The maximum atomic E-state index is 11.3. The minimum atomic E-state index is -0.498. The highest BCUT2D eigenvalue weighted by Crippen LogP contribution is 2.21. The van der Waals surface area contributed by atoms with Crippen LogP contribution in [-0.4, -0.2) is 16.9 Å². The number of amides is 1. The molecule has 15 heavy (non-hydrogen) atoms. The topological polar surface area (TPSA) is 68.0 Å². The monoisotopic (exact) mass is 221 g/mol. The van der Waals surface area contributed by atoms with Gasteiger partial charge in [-0.05, 0) is 25.1 Å². The number of rotatable bonds is 2. The van der Waals surface area contributed by atoms with Crippen molar-refractivity contribution < 1.29 is 4.79 Å². The number of nitrogens with two attached hydrogens (primary N) is 1. The lowest BCUT2D eigenvalue weighted by Crippen LogP contribution is -2.32. The number of carbonyl (C=O) groups excluding carboxylic acids is 1. The molecule has 0 unspecified atom stereocenters. The van der Waals surface area contributed by atoms with E-state index in [-0.39, 0.29) is 5.91 Å². The quantitative estimate of drug-likeness (QED) is 0.809. The van der Waals surface area contributed by atoms with Crippen molar-refractivity contribution in [3.63, 3.8) is 0 Å². The Balaban J connectivity index is 2.25. The molecule has 5 heteroatoms. The van der Waals surface area contributed by atoms with Crippen molar-refractivity contribution in [2.75, 3.05) is 5.32 Å². The standard InChI is InChI=1S/C10H11N3OS/c1-6(11)10(14)13-7-2-3-8-9(4-7)15-5-12-8/h2-6H,11H2,1H3,(H,13,14)/t6-/m1/s1. The Morgan fingerprint density at radius 3 is 3.13 bits per heavy atom. The van der Waals surface area contributed by atoms with Crippen LogP contribution in [0.15, 0.2) is 23.7 Å². The first-order chi connectivity index (χ1) is 7.16. The molecule has 0 spiro atoms. The van der Waals surface area contributed by atoms with Crippen LogP contribution in [-0.2, 0) is 4.79 Å². The third kappa shape index (κ3) is 2.14. The van der Waals surface area contributed by atoms with E-state index in [9.17, 15) is 4.79 Å². The molecule has 0 bridgehead atoms. The van der Waals surface area contributed by atoms with Gasteiger partial charge in [-0.3, -0.25) is 4.79 Å². The molecule has 3 N–H and O–H groups in total. The van der Waals surface area contributed by atoms with Gasteiger partial charge in [-0.1, -0.05) is 0 Å². The predicted octanol–water partition coefficient (Wildman–Crippen LogP) is 1.58. The maximum Gasteiger partial charge on any atom is 0.240 e. The van der Waals surface area contributed by atoms with Crippen molar-refractivity contribution in [1.29, 1.82) is 0 Å². The highest BCUT2D eigenvalue weighted by atomic mass is 32.1. The van der Waals surface area contributed by atoms with Crippen LogP contribution in [0.2, 0.25) is 0 Å². The van der Waals surface area contributed by atoms with E-state index in [4.69, 9.17) is 5.73 Å². The summed E-state index contributed by atoms with van der Waals surface area (Å²) in [5.74, 6) is -0.182. The maximum absolute atomic E-state index is 11.3. The largest absolute Gasteiger partial charge is 0.325 e. The fraction of sp³-hybridized carbons (Fsp3) is 0.200. The summed E-state index contributed by atoms with van der Waals surface area (Å²) in [6.07, 6.45) is 0. The zero-order valence-corrected chi connectivity index (χ0v) is 9.04. The first kappa shape index (κ1) is 10.1. The molecule has 0 aliphatic heterocycles. The second kappa shape index (κ2) is 3.96. The summed E-state index contributed by atoms with van der Waals surface area (Å²) in [7, 11) is 0. The zero-order chi connectivity index (χ0) is 10.8. The number of anilines is 1. The number of thiazole rings is 1. The van der Waals surface area contributed by atoms with E-state index in [0.29, 0.717) is 0 Å². The van der Waals surface area contributed by atoms with E-state index >= 15 is 0 Å². The van der Waals surface area contributed by atoms with E-state index in [2.05, 4.69) is 10.3 Å². The molecule has 0 fully saturated rings. The fourth-order valence-corrected chi connectivity index (χ4v) is 1.91. The van der Waals surface area contributed by atoms with Gasteiger partial charge in [0.05, 0.1) is 21.8 Å². The summed E-state index contributed by atoms with van der Waals surface area (Å²) >= 11 is 1.54. The Hall–Kier alpha value is -1.46. The summed E-state index contributed by atoms with van der Waals surface area (Å²) in [5.41, 5.74) is 8.94. The average molecular weight is 221 g/mol. The fourth-order valence-electron chi connectivity index (χ4n) is 1.19. The number of benzene rings is 1. The number of aromatic nitrogens is 1. The number of fused-ring (bicyclic) bond motifs is 1. The Kier molecular flexibility index (Phi) is 2.66. The molecule has 1 aromatic carbocycles. The van der Waals surface area contributed by atoms with E-state index in [1.807, 2.05) is 18.2 Å². The molecular formula is C10H11N3OS. The summed E-state index contributed by atoms with van der Waals surface area (Å²) in [5, 5.41) is 2.74. The number of hydrogen-bond acceptors (Lipinski definition) is 4. The SMILES string of the molecule is C[C@@H](N)C(=O)Nc1ccc2ncsc2c1. The molecule has 1 amide bonds. The van der Waals surface area contributed by atoms with Crippen LogP contribution >= 0.6 is 11.3 Å². The van der Waals surface area contributed by atoms with Gasteiger partial charge in [-0.2, -0.15) is 0 Å². The first-order valence-corrected chi connectivity index (χ1v) is 5.44. The zero-order valence-electron chi connectivity index (χ0n) is 8.23. The summed E-state index contributed by atoms with van der Waals surface area (Å²) < 4.78 is 1.05. The lowest BCUT2D eigenvalue weighted by molar-refractivity contribution is -0.117. The summed E-state index contributed by atoms with van der Waals surface area (Å²) in [6, 6.07) is 5.10. The first-order valence-electron chi connectivity index (χ1n) is 4.56. The molecule has 1 aromatic heterocycles. The van der Waals surface area contributed by atoms with Gasteiger partial charge >= 0.3 is 0 Å². The Morgan fingerprint density at radius 2 is 2.40 bits per heavy atom. The average Bonchev–Trinajstić information content (AvgIpc) is 2.64. The molecule has 2 aromatic rings. The van der Waals surface area contributed by atoms with E-state index < -0.39 is 6.04 Å². The molecule has 78 valence electrons. The summed E-state index contributed by atoms with van der Waals surface area (Å²) in [4.78, 5) is 15.5. The van der Waals surface area contributed by atoms with Crippen LogP contribution in [0.5, 0.6) is 0 Å². The normalized spacial score (nSPS) is 12.7. The number of carbonyl (C=O) groups is 1. The van der Waals surface area contributed by atoms with Gasteiger partial charge < -0.3 is 11.1 Å². The highest BCUT2D eigenvalue weighted by Gasteiger charge is 2.07. The minimum absolute atomic E-state index is 0.182. The van der Waals surface area contributed by atoms with Crippen LogP contribution in [0, 0.1) is 0 Å². The highest BCUT2D eigenvalue weighted by molar-refractivity contribution is 7.16. The van der Waals surface area contributed by atoms with E-state index in [0.717, 1.165) is 15.9 Å². The van der Waals surface area contributed by atoms with Gasteiger partial charge in [-0.25, -0.2) is 4.98 Å². The summed E-state index contributed by atoms with van der Waals surface area (Å²) in [6.45, 7) is 1.65. The van der Waals surface area contributed by atoms with Gasteiger partial charge in [0.2, 0.25) is 5.91 Å². The molecule has 0 aliphatic carbocycles. The Bertz CT molecular complexity index is 492. The molecule has 1 atom stereocenters. The predicted molar refractivity (Wildman–Crippen MR) is 61.9 cm³/mol. The van der Waals surface area contributed by atoms with Crippen molar-refractivity contribution in [1.82, 2.24) is 4.98 Å². The molecule has 0 aliphatic rings. The molecule has 1 heterocycles. The Morgan fingerprint density at radius 1 is 1.60 bits per heavy atom. The second-order valence-electron chi connectivity index (χ2n) is 3.31. The number of hydrogen-bond donors (Lipinski definition) is 2. The Labute approximate surface area is 91.1 Å². The van der Waals surface area contributed by atoms with Crippen LogP contribution in [0.1, 0.15) is 6.92 Å². The van der Waals surface area contributed by atoms with E-state index in [1.54, 1.807) is 23.8 Å². The van der Waals surface area contributed by atoms with Gasteiger partial charge in [0.15, 0.2) is 0 Å². The third-order valence-corrected chi connectivity index (χ3v) is 2.80. The molecule has 0 saturated carbocycles. The van der Waals surface area contributed by atoms with Crippen molar-refractivity contribution in [3.8, 4) is 0 Å². The van der Waals surface area contributed by atoms with Crippen molar-refractivity contribution in [2.24, 2.45) is 5.73 Å². The van der Waals surface area contributed by atoms with Crippen molar-refractivity contribution in [3.05, 3.63) is 23.7 Å². The molecule has 4 nitrogen and oxygen atoms in total. The van der Waals surface area contributed by atoms with Gasteiger partial charge in [0.1, 0.15) is 0 Å². The van der Waals surface area contributed by atoms with Crippen molar-refractivity contribution >= 4 is 33.1 Å². The van der Waals surface area contributed by atoms with Crippen LogP contribution in [0.4, 0.5) is 5.69 Å². The van der Waals surface area contributed by atoms with E-state index in [1.165, 1.54) is 0 Å². The number of nitrogens with zero attached hydrogens (tertiary/aromatic N) is 1. The molecule has 0 radical (unpaired) electrons. The minimum Gasteiger partial charge on any atom is -0.325 e. The smallest absolute Gasteiger partial charge is 0.240 e. The molecule has 2 rings (SSSR count). The van der Waals surface area contributed by atoms with Crippen LogP contribution < -0.4 is 11.1 Å². The van der Waals surface area contributed by atoms with Gasteiger partial charge in [-0.15, -0.1) is 11.3 Å². The third-order valence-electron chi connectivity index (χ3n) is 2.01. The van der Waals surface area contributed by atoms with Crippen LogP contribution in [0.3, 0.4) is 0 Å².